The van der Waals surface area contributed by atoms with Crippen LogP contribution in [-0.2, 0) is 4.74 Å². The Balaban J connectivity index is 4.01. The normalized spacial score (nSPS) is 12.5. The minimum atomic E-state index is -0.754. The highest BCUT2D eigenvalue weighted by Crippen LogP contribution is 2.11. The number of aliphatic hydroxyl groups is 1. The molecule has 0 spiro atoms. The number of nitrogens with zero attached hydrogens (tertiary/aromatic N) is 1. The van der Waals surface area contributed by atoms with Gasteiger partial charge in [-0.25, -0.2) is 4.79 Å². The molecular formula is C11H23NO3. The summed E-state index contributed by atoms with van der Waals surface area (Å²) in [5, 5.41) is 9.50. The monoisotopic (exact) mass is 217 g/mol. The summed E-state index contributed by atoms with van der Waals surface area (Å²) in [7, 11) is 1.67. The summed E-state index contributed by atoms with van der Waals surface area (Å²) in [4.78, 5) is 13.0. The van der Waals surface area contributed by atoms with Crippen molar-refractivity contribution in [1.82, 2.24) is 4.90 Å². The largest absolute Gasteiger partial charge is 0.444 e. The zero-order valence-corrected chi connectivity index (χ0v) is 10.6. The summed E-state index contributed by atoms with van der Waals surface area (Å²) in [5.41, 5.74) is -1.23. The van der Waals surface area contributed by atoms with Crippen LogP contribution in [0, 0.1) is 0 Å². The molecule has 0 unspecified atom stereocenters. The number of rotatable bonds is 3. The van der Waals surface area contributed by atoms with Gasteiger partial charge in [0.15, 0.2) is 0 Å². The Labute approximate surface area is 92.2 Å². The van der Waals surface area contributed by atoms with Crippen molar-refractivity contribution in [2.45, 2.75) is 52.2 Å². The van der Waals surface area contributed by atoms with Crippen molar-refractivity contribution in [1.29, 1.82) is 0 Å². The van der Waals surface area contributed by atoms with Crippen LogP contribution in [0.4, 0.5) is 4.79 Å². The highest BCUT2D eigenvalue weighted by molar-refractivity contribution is 5.67. The van der Waals surface area contributed by atoms with E-state index in [0.29, 0.717) is 13.0 Å². The van der Waals surface area contributed by atoms with Gasteiger partial charge in [0.2, 0.25) is 0 Å². The van der Waals surface area contributed by atoms with E-state index in [-0.39, 0.29) is 6.09 Å². The van der Waals surface area contributed by atoms with E-state index in [4.69, 9.17) is 4.74 Å². The molecule has 0 heterocycles. The number of amides is 1. The first kappa shape index (κ1) is 14.2. The van der Waals surface area contributed by atoms with Crippen LogP contribution in [0.2, 0.25) is 0 Å². The lowest BCUT2D eigenvalue weighted by molar-refractivity contribution is 0.0210. The van der Waals surface area contributed by atoms with Crippen LogP contribution in [0.25, 0.3) is 0 Å². The van der Waals surface area contributed by atoms with Crippen molar-refractivity contribution < 1.29 is 14.6 Å². The van der Waals surface area contributed by atoms with E-state index in [1.54, 1.807) is 20.9 Å². The van der Waals surface area contributed by atoms with E-state index in [2.05, 4.69) is 0 Å². The first-order valence-corrected chi connectivity index (χ1v) is 5.18. The fraction of sp³-hybridized carbons (Fsp3) is 0.909. The molecule has 0 aromatic rings. The SMILES string of the molecule is CN(CCC(C)(C)O)C(=O)OC(C)(C)C. The quantitative estimate of drug-likeness (QED) is 0.786. The molecule has 15 heavy (non-hydrogen) atoms. The maximum Gasteiger partial charge on any atom is 0.410 e. The summed E-state index contributed by atoms with van der Waals surface area (Å²) in [6.07, 6.45) is 0.176. The van der Waals surface area contributed by atoms with Gasteiger partial charge in [0, 0.05) is 13.6 Å². The third-order valence-electron chi connectivity index (χ3n) is 1.76. The molecule has 0 saturated heterocycles. The Morgan fingerprint density at radius 3 is 2.07 bits per heavy atom. The smallest absolute Gasteiger partial charge is 0.410 e. The van der Waals surface area contributed by atoms with E-state index in [1.807, 2.05) is 20.8 Å². The maximum absolute atomic E-state index is 11.5. The molecule has 0 aliphatic carbocycles. The third-order valence-corrected chi connectivity index (χ3v) is 1.76. The zero-order valence-electron chi connectivity index (χ0n) is 10.6. The first-order chi connectivity index (χ1) is 6.51. The van der Waals surface area contributed by atoms with Crippen LogP contribution < -0.4 is 0 Å². The van der Waals surface area contributed by atoms with Crippen LogP contribution in [0.5, 0.6) is 0 Å². The average molecular weight is 217 g/mol. The Morgan fingerprint density at radius 2 is 1.73 bits per heavy atom. The van der Waals surface area contributed by atoms with Gasteiger partial charge in [0.1, 0.15) is 5.60 Å². The predicted octanol–water partition coefficient (Wildman–Crippen LogP) is 2.01. The summed E-state index contributed by atoms with van der Waals surface area (Å²) in [6.45, 7) is 9.41. The van der Waals surface area contributed by atoms with Gasteiger partial charge in [-0.2, -0.15) is 0 Å². The number of carbonyl (C=O) groups is 1. The molecule has 0 rings (SSSR count). The Bertz CT molecular complexity index is 213. The molecule has 0 saturated carbocycles. The van der Waals surface area contributed by atoms with Crippen molar-refractivity contribution in [3.8, 4) is 0 Å². The Morgan fingerprint density at radius 1 is 1.27 bits per heavy atom. The first-order valence-electron chi connectivity index (χ1n) is 5.18. The summed E-state index contributed by atoms with van der Waals surface area (Å²) < 4.78 is 5.17. The fourth-order valence-electron chi connectivity index (χ4n) is 0.872. The van der Waals surface area contributed by atoms with Crippen LogP contribution in [-0.4, -0.2) is 40.9 Å². The van der Waals surface area contributed by atoms with Gasteiger partial charge in [-0.05, 0) is 41.0 Å². The van der Waals surface area contributed by atoms with Crippen molar-refractivity contribution in [2.75, 3.05) is 13.6 Å². The highest BCUT2D eigenvalue weighted by Gasteiger charge is 2.21. The topological polar surface area (TPSA) is 49.8 Å². The molecule has 1 N–H and O–H groups in total. The van der Waals surface area contributed by atoms with Crippen molar-refractivity contribution in [3.63, 3.8) is 0 Å². The lowest BCUT2D eigenvalue weighted by atomic mass is 10.1. The number of ether oxygens (including phenoxy) is 1. The van der Waals surface area contributed by atoms with Gasteiger partial charge in [-0.3, -0.25) is 0 Å². The van der Waals surface area contributed by atoms with Crippen LogP contribution in [0.1, 0.15) is 41.0 Å². The van der Waals surface area contributed by atoms with E-state index in [1.165, 1.54) is 4.90 Å². The molecule has 4 heteroatoms. The van der Waals surface area contributed by atoms with Crippen molar-refractivity contribution in [2.24, 2.45) is 0 Å². The molecule has 1 amide bonds. The highest BCUT2D eigenvalue weighted by atomic mass is 16.6. The van der Waals surface area contributed by atoms with Crippen LogP contribution >= 0.6 is 0 Å². The minimum absolute atomic E-state index is 0.355. The van der Waals surface area contributed by atoms with Gasteiger partial charge >= 0.3 is 6.09 Å². The lowest BCUT2D eigenvalue weighted by Gasteiger charge is -2.26. The molecule has 0 fully saturated rings. The number of hydrogen-bond donors (Lipinski definition) is 1. The summed E-state index contributed by atoms with van der Waals surface area (Å²) in [6, 6.07) is 0. The molecular weight excluding hydrogens is 194 g/mol. The van der Waals surface area contributed by atoms with Gasteiger partial charge in [0.25, 0.3) is 0 Å². The Hall–Kier alpha value is -0.770. The molecule has 0 aliphatic heterocycles. The van der Waals surface area contributed by atoms with Gasteiger partial charge < -0.3 is 14.7 Å². The molecule has 0 aromatic heterocycles. The second-order valence-corrected chi connectivity index (χ2v) is 5.46. The van der Waals surface area contributed by atoms with Crippen molar-refractivity contribution in [3.05, 3.63) is 0 Å². The summed E-state index contributed by atoms with van der Waals surface area (Å²) >= 11 is 0. The number of carbonyl (C=O) groups excluding carboxylic acids is 1. The number of hydrogen-bond acceptors (Lipinski definition) is 3. The van der Waals surface area contributed by atoms with E-state index in [9.17, 15) is 9.90 Å². The molecule has 4 nitrogen and oxygen atoms in total. The van der Waals surface area contributed by atoms with Gasteiger partial charge in [0.05, 0.1) is 5.60 Å². The van der Waals surface area contributed by atoms with Crippen molar-refractivity contribution >= 4 is 6.09 Å². The average Bonchev–Trinajstić information content (AvgIpc) is 1.95. The third kappa shape index (κ3) is 8.24. The fourth-order valence-corrected chi connectivity index (χ4v) is 0.872. The molecule has 90 valence electrons. The van der Waals surface area contributed by atoms with E-state index >= 15 is 0 Å². The van der Waals surface area contributed by atoms with E-state index in [0.717, 1.165) is 0 Å². The van der Waals surface area contributed by atoms with Crippen LogP contribution in [0.3, 0.4) is 0 Å². The molecule has 0 atom stereocenters. The second-order valence-electron chi connectivity index (χ2n) is 5.46. The van der Waals surface area contributed by atoms with E-state index < -0.39 is 11.2 Å². The maximum atomic E-state index is 11.5. The Kier molecular flexibility index (Phi) is 4.59. The zero-order chi connectivity index (χ0) is 12.3. The molecule has 0 bridgehead atoms. The molecule has 0 aromatic carbocycles. The molecule has 0 radical (unpaired) electrons. The van der Waals surface area contributed by atoms with Gasteiger partial charge in [-0.15, -0.1) is 0 Å². The molecule has 0 aliphatic rings. The predicted molar refractivity (Wildman–Crippen MR) is 59.8 cm³/mol. The summed E-state index contributed by atoms with van der Waals surface area (Å²) in [5.74, 6) is 0. The van der Waals surface area contributed by atoms with Crippen LogP contribution in [0.15, 0.2) is 0 Å². The van der Waals surface area contributed by atoms with Gasteiger partial charge in [-0.1, -0.05) is 0 Å². The lowest BCUT2D eigenvalue weighted by Crippen LogP contribution is -2.37. The minimum Gasteiger partial charge on any atom is -0.444 e. The standard InChI is InChI=1S/C11H23NO3/c1-10(2,3)15-9(13)12(6)8-7-11(4,5)14/h14H,7-8H2,1-6H3. The second kappa shape index (κ2) is 4.84.